The third-order valence-corrected chi connectivity index (χ3v) is 5.06. The number of hydrogen-bond acceptors (Lipinski definition) is 2. The number of halogens is 2. The van der Waals surface area contributed by atoms with E-state index < -0.39 is 17.7 Å². The number of aryl methyl sites for hydroxylation is 1. The topological polar surface area (TPSA) is 40.5 Å². The predicted molar refractivity (Wildman–Crippen MR) is 105 cm³/mol. The second-order valence-electron chi connectivity index (χ2n) is 6.43. The van der Waals surface area contributed by atoms with Crippen molar-refractivity contribution in [3.63, 3.8) is 0 Å². The second-order valence-corrected chi connectivity index (χ2v) is 6.84. The molecule has 2 atom stereocenters. The summed E-state index contributed by atoms with van der Waals surface area (Å²) in [6.45, 7) is 9.50. The average molecular weight is 378 g/mol. The van der Waals surface area contributed by atoms with Crippen LogP contribution in [0.3, 0.4) is 0 Å². The summed E-state index contributed by atoms with van der Waals surface area (Å²) in [6, 6.07) is 16.3. The molecule has 3 rings (SSSR count). The highest BCUT2D eigenvalue weighted by molar-refractivity contribution is 6.31. The van der Waals surface area contributed by atoms with Gasteiger partial charge in [0.25, 0.3) is 0 Å². The van der Waals surface area contributed by atoms with E-state index in [0.717, 1.165) is 12.0 Å². The van der Waals surface area contributed by atoms with Crippen LogP contribution in [0.25, 0.3) is 4.85 Å². The van der Waals surface area contributed by atoms with E-state index in [0.29, 0.717) is 29.1 Å². The normalized spacial score (nSPS) is 19.2. The number of nitriles is 1. The molecule has 0 bridgehead atoms. The molecule has 0 radical (unpaired) electrons. The fourth-order valence-electron chi connectivity index (χ4n) is 3.39. The first-order valence-electron chi connectivity index (χ1n) is 8.59. The van der Waals surface area contributed by atoms with E-state index in [4.69, 9.17) is 18.2 Å². The van der Waals surface area contributed by atoms with Crippen LogP contribution in [0.15, 0.2) is 64.9 Å². The van der Waals surface area contributed by atoms with E-state index in [9.17, 15) is 9.65 Å². The lowest BCUT2D eigenvalue weighted by molar-refractivity contribution is 0.623. The van der Waals surface area contributed by atoms with Crippen LogP contribution in [0, 0.1) is 29.6 Å². The van der Waals surface area contributed by atoms with Gasteiger partial charge in [-0.25, -0.2) is 9.24 Å². The van der Waals surface area contributed by atoms with E-state index in [1.54, 1.807) is 13.0 Å². The monoisotopic (exact) mass is 377 g/mol. The maximum Gasteiger partial charge on any atom is 0.195 e. The minimum atomic E-state index is -0.600. The third-order valence-electron chi connectivity index (χ3n) is 4.74. The lowest BCUT2D eigenvalue weighted by Crippen LogP contribution is -2.25. The second kappa shape index (κ2) is 8.16. The molecule has 0 fully saturated rings. The van der Waals surface area contributed by atoms with Gasteiger partial charge >= 0.3 is 0 Å². The molecule has 3 nitrogen and oxygen atoms in total. The molecule has 0 aromatic heterocycles. The third kappa shape index (κ3) is 3.92. The Morgan fingerprint density at radius 2 is 1.96 bits per heavy atom. The summed E-state index contributed by atoms with van der Waals surface area (Å²) in [5, 5.41) is 9.89. The van der Waals surface area contributed by atoms with E-state index in [2.05, 4.69) is 15.9 Å². The van der Waals surface area contributed by atoms with Gasteiger partial charge in [0.05, 0.1) is 18.6 Å². The summed E-state index contributed by atoms with van der Waals surface area (Å²) in [6.07, 6.45) is 1.33. The fourth-order valence-corrected chi connectivity index (χ4v) is 3.68. The minimum absolute atomic E-state index is 0.221. The molecule has 0 amide bonds. The van der Waals surface area contributed by atoms with Crippen LogP contribution in [0.5, 0.6) is 0 Å². The van der Waals surface area contributed by atoms with Crippen molar-refractivity contribution in [3.8, 4) is 6.07 Å². The molecule has 1 heterocycles. The van der Waals surface area contributed by atoms with Crippen LogP contribution in [-0.4, -0.2) is 5.71 Å². The van der Waals surface area contributed by atoms with E-state index in [1.807, 2.05) is 30.3 Å². The van der Waals surface area contributed by atoms with E-state index >= 15 is 0 Å². The summed E-state index contributed by atoms with van der Waals surface area (Å²) in [7, 11) is 0. The Balaban J connectivity index is 2.04. The summed E-state index contributed by atoms with van der Waals surface area (Å²) >= 11 is 6.26. The van der Waals surface area contributed by atoms with Crippen LogP contribution >= 0.6 is 11.6 Å². The molecule has 2 aromatic rings. The maximum absolute atomic E-state index is 13.5. The summed E-state index contributed by atoms with van der Waals surface area (Å²) in [5.74, 6) is -1.59. The number of rotatable bonds is 4. The molecular formula is C22H17ClFN3. The predicted octanol–water partition coefficient (Wildman–Crippen LogP) is 5.94. The van der Waals surface area contributed by atoms with Crippen LogP contribution in [0.4, 0.5) is 4.39 Å². The molecule has 0 saturated carbocycles. The Labute approximate surface area is 163 Å². The highest BCUT2D eigenvalue weighted by Gasteiger charge is 2.36. The van der Waals surface area contributed by atoms with E-state index in [-0.39, 0.29) is 5.02 Å². The first-order chi connectivity index (χ1) is 13.0. The Morgan fingerprint density at radius 3 is 2.59 bits per heavy atom. The van der Waals surface area contributed by atoms with Gasteiger partial charge in [0.2, 0.25) is 0 Å². The Morgan fingerprint density at radius 1 is 1.22 bits per heavy atom. The van der Waals surface area contributed by atoms with Gasteiger partial charge in [-0.3, -0.25) is 4.99 Å². The van der Waals surface area contributed by atoms with Crippen LogP contribution in [0.2, 0.25) is 5.02 Å². The highest BCUT2D eigenvalue weighted by Crippen LogP contribution is 2.42. The number of nitrogens with zero attached hydrogens (tertiary/aromatic N) is 3. The van der Waals surface area contributed by atoms with Gasteiger partial charge in [0, 0.05) is 22.3 Å². The smallest absolute Gasteiger partial charge is 0.195 e. The van der Waals surface area contributed by atoms with Gasteiger partial charge in [-0.2, -0.15) is 5.26 Å². The summed E-state index contributed by atoms with van der Waals surface area (Å²) < 4.78 is 13.5. The lowest BCUT2D eigenvalue weighted by atomic mass is 9.79. The van der Waals surface area contributed by atoms with Crippen molar-refractivity contribution in [2.24, 2.45) is 10.9 Å². The van der Waals surface area contributed by atoms with Crippen LogP contribution in [-0.2, 0) is 6.42 Å². The molecule has 134 valence electrons. The molecule has 5 heteroatoms. The van der Waals surface area contributed by atoms with Crippen LogP contribution < -0.4 is 0 Å². The molecule has 27 heavy (non-hydrogen) atoms. The summed E-state index contributed by atoms with van der Waals surface area (Å²) in [4.78, 5) is 8.28. The molecule has 1 aliphatic heterocycles. The maximum atomic E-state index is 13.5. The van der Waals surface area contributed by atoms with Gasteiger partial charge in [0.1, 0.15) is 5.82 Å². The van der Waals surface area contributed by atoms with Gasteiger partial charge in [0.15, 0.2) is 5.70 Å². The first kappa shape index (κ1) is 18.8. The Hall–Kier alpha value is -2.95. The molecule has 2 unspecified atom stereocenters. The average Bonchev–Trinajstić information content (AvgIpc) is 2.67. The Kier molecular flexibility index (Phi) is 5.69. The first-order valence-corrected chi connectivity index (χ1v) is 8.97. The molecule has 0 aliphatic carbocycles. The quantitative estimate of drug-likeness (QED) is 0.608. The highest BCUT2D eigenvalue weighted by atomic mass is 35.5. The van der Waals surface area contributed by atoms with Crippen molar-refractivity contribution >= 4 is 17.3 Å². The largest absolute Gasteiger partial charge is 0.273 e. The molecule has 0 saturated heterocycles. The number of hydrogen-bond donors (Lipinski definition) is 0. The molecule has 0 N–H and O–H groups in total. The Bertz CT molecular complexity index is 996. The molecular weight excluding hydrogens is 361 g/mol. The van der Waals surface area contributed by atoms with Gasteiger partial charge < -0.3 is 0 Å². The number of aliphatic imine (C=N–C) groups is 1. The van der Waals surface area contributed by atoms with Crippen molar-refractivity contribution < 1.29 is 4.39 Å². The summed E-state index contributed by atoms with van der Waals surface area (Å²) in [5.41, 5.74) is 3.47. The van der Waals surface area contributed by atoms with Crippen molar-refractivity contribution in [2.45, 2.75) is 25.7 Å². The number of allylic oxidation sites excluding steroid dienone is 2. The minimum Gasteiger partial charge on any atom is -0.273 e. The standard InChI is InChI=1S/C22H17ClFN3/c1-14-18(13-25)21(17-10-9-16(24)12-19(17)23)22(26-2)20(27-14)11-8-15-6-4-3-5-7-15/h3-7,9-10,12,18,21H,8,11H2,1H3. The molecule has 2 aromatic carbocycles. The van der Waals surface area contributed by atoms with Gasteiger partial charge in [-0.05, 0) is 43.0 Å². The SMILES string of the molecule is [C-]#[N+]C1=C(CCc2ccccc2)N=C(C)C(C#N)C1c1ccc(F)cc1Cl. The van der Waals surface area contributed by atoms with E-state index in [1.165, 1.54) is 12.1 Å². The lowest BCUT2D eigenvalue weighted by Gasteiger charge is -2.28. The zero-order valence-corrected chi connectivity index (χ0v) is 15.5. The number of benzene rings is 2. The van der Waals surface area contributed by atoms with Gasteiger partial charge in [-0.15, -0.1) is 0 Å². The van der Waals surface area contributed by atoms with Gasteiger partial charge in [-0.1, -0.05) is 48.0 Å². The fraction of sp³-hybridized carbons (Fsp3) is 0.227. The molecule has 0 spiro atoms. The zero-order valence-electron chi connectivity index (χ0n) is 14.8. The van der Waals surface area contributed by atoms with Crippen molar-refractivity contribution in [1.29, 1.82) is 5.26 Å². The van der Waals surface area contributed by atoms with Crippen molar-refractivity contribution in [3.05, 3.63) is 93.3 Å². The van der Waals surface area contributed by atoms with Crippen molar-refractivity contribution in [1.82, 2.24) is 0 Å². The zero-order chi connectivity index (χ0) is 19.4. The van der Waals surface area contributed by atoms with Crippen molar-refractivity contribution in [2.75, 3.05) is 0 Å². The molecule has 1 aliphatic rings. The van der Waals surface area contributed by atoms with Crippen LogP contribution in [0.1, 0.15) is 30.4 Å².